The molecule has 0 spiro atoms. The van der Waals surface area contributed by atoms with Crippen LogP contribution in [0.3, 0.4) is 0 Å². The molecule has 0 bridgehead atoms. The highest BCUT2D eigenvalue weighted by molar-refractivity contribution is 5.82. The molecule has 4 heteroatoms. The van der Waals surface area contributed by atoms with Crippen molar-refractivity contribution in [3.8, 4) is 11.1 Å². The van der Waals surface area contributed by atoms with Gasteiger partial charge >= 0.3 is 0 Å². The maximum absolute atomic E-state index is 12.2. The normalized spacial score (nSPS) is 19.1. The largest absolute Gasteiger partial charge is 0.378 e. The lowest BCUT2D eigenvalue weighted by Gasteiger charge is -2.25. The summed E-state index contributed by atoms with van der Waals surface area (Å²) in [6.45, 7) is 3.82. The Morgan fingerprint density at radius 1 is 1.13 bits per heavy atom. The molecule has 1 fully saturated rings. The Labute approximate surface area is 136 Å². The Kier molecular flexibility index (Phi) is 5.05. The lowest BCUT2D eigenvalue weighted by Crippen LogP contribution is -2.51. The van der Waals surface area contributed by atoms with Gasteiger partial charge in [0.25, 0.3) is 0 Å². The first-order valence-corrected chi connectivity index (χ1v) is 8.01. The number of carbonyl (C=O) groups excluding carboxylic acids is 1. The highest BCUT2D eigenvalue weighted by Crippen LogP contribution is 2.21. The number of amides is 1. The highest BCUT2D eigenvalue weighted by Gasteiger charge is 2.22. The Hall–Kier alpha value is -2.17. The molecule has 0 radical (unpaired) electrons. The Bertz CT molecular complexity index is 634. The van der Waals surface area contributed by atoms with E-state index in [2.05, 4.69) is 47.0 Å². The van der Waals surface area contributed by atoms with Crippen LogP contribution in [0, 0.1) is 0 Å². The molecule has 2 N–H and O–H groups in total. The van der Waals surface area contributed by atoms with E-state index in [0.29, 0.717) is 13.2 Å². The van der Waals surface area contributed by atoms with Crippen molar-refractivity contribution in [1.29, 1.82) is 0 Å². The topological polar surface area (TPSA) is 50.4 Å². The number of ether oxygens (including phenoxy) is 1. The number of morpholine rings is 1. The van der Waals surface area contributed by atoms with Gasteiger partial charge in [-0.25, -0.2) is 0 Å². The van der Waals surface area contributed by atoms with Crippen molar-refractivity contribution in [3.05, 3.63) is 60.2 Å². The van der Waals surface area contributed by atoms with Crippen LogP contribution in [0.5, 0.6) is 0 Å². The van der Waals surface area contributed by atoms with Gasteiger partial charge in [0, 0.05) is 6.54 Å². The van der Waals surface area contributed by atoms with Gasteiger partial charge in [-0.3, -0.25) is 4.79 Å². The van der Waals surface area contributed by atoms with Gasteiger partial charge in [-0.2, -0.15) is 0 Å². The van der Waals surface area contributed by atoms with Gasteiger partial charge in [-0.1, -0.05) is 54.6 Å². The second kappa shape index (κ2) is 7.40. The van der Waals surface area contributed by atoms with Gasteiger partial charge < -0.3 is 15.4 Å². The summed E-state index contributed by atoms with van der Waals surface area (Å²) in [4.78, 5) is 12.2. The third kappa shape index (κ3) is 3.97. The first kappa shape index (κ1) is 15.7. The fourth-order valence-electron chi connectivity index (χ4n) is 2.73. The number of carbonyl (C=O) groups is 1. The molecule has 120 valence electrons. The van der Waals surface area contributed by atoms with Gasteiger partial charge in [-0.15, -0.1) is 0 Å². The molecule has 1 heterocycles. The molecule has 0 unspecified atom stereocenters. The second-order valence-electron chi connectivity index (χ2n) is 5.80. The van der Waals surface area contributed by atoms with Crippen molar-refractivity contribution in [1.82, 2.24) is 10.6 Å². The Balaban J connectivity index is 1.63. The summed E-state index contributed by atoms with van der Waals surface area (Å²) in [5.41, 5.74) is 3.46. The Morgan fingerprint density at radius 2 is 1.83 bits per heavy atom. The van der Waals surface area contributed by atoms with Crippen LogP contribution in [-0.2, 0) is 9.53 Å². The van der Waals surface area contributed by atoms with Gasteiger partial charge in [0.15, 0.2) is 0 Å². The molecule has 4 nitrogen and oxygen atoms in total. The van der Waals surface area contributed by atoms with Crippen molar-refractivity contribution < 1.29 is 9.53 Å². The molecule has 1 amide bonds. The minimum Gasteiger partial charge on any atom is -0.378 e. The van der Waals surface area contributed by atoms with Crippen LogP contribution in [0.1, 0.15) is 18.5 Å². The van der Waals surface area contributed by atoms with Crippen LogP contribution < -0.4 is 10.6 Å². The van der Waals surface area contributed by atoms with Gasteiger partial charge in [-0.05, 0) is 23.6 Å². The van der Waals surface area contributed by atoms with Gasteiger partial charge in [0.2, 0.25) is 5.91 Å². The average Bonchev–Trinajstić information content (AvgIpc) is 2.63. The SMILES string of the molecule is C[C@@H](NC(=O)[C@H]1COCCN1)c1ccc(-c2ccccc2)cc1. The first-order chi connectivity index (χ1) is 11.2. The van der Waals surface area contributed by atoms with Crippen LogP contribution in [-0.4, -0.2) is 31.7 Å². The molecule has 2 aromatic carbocycles. The van der Waals surface area contributed by atoms with Gasteiger partial charge in [0.1, 0.15) is 6.04 Å². The fourth-order valence-corrected chi connectivity index (χ4v) is 2.73. The highest BCUT2D eigenvalue weighted by atomic mass is 16.5. The number of hydrogen-bond donors (Lipinski definition) is 2. The number of rotatable bonds is 4. The van der Waals surface area contributed by atoms with Crippen molar-refractivity contribution in [2.45, 2.75) is 19.0 Å². The van der Waals surface area contributed by atoms with E-state index in [1.807, 2.05) is 25.1 Å². The van der Waals surface area contributed by atoms with Crippen molar-refractivity contribution >= 4 is 5.91 Å². The van der Waals surface area contributed by atoms with E-state index in [-0.39, 0.29) is 18.0 Å². The first-order valence-electron chi connectivity index (χ1n) is 8.01. The van der Waals surface area contributed by atoms with Crippen molar-refractivity contribution in [2.24, 2.45) is 0 Å². The van der Waals surface area contributed by atoms with Crippen molar-refractivity contribution in [3.63, 3.8) is 0 Å². The van der Waals surface area contributed by atoms with Crippen LogP contribution in [0.15, 0.2) is 54.6 Å². The molecular formula is C19H22N2O2. The molecule has 2 atom stereocenters. The predicted molar refractivity (Wildman–Crippen MR) is 91.0 cm³/mol. The zero-order valence-electron chi connectivity index (χ0n) is 13.3. The summed E-state index contributed by atoms with van der Waals surface area (Å²) in [5.74, 6) is -0.00987. The van der Waals surface area contributed by atoms with Crippen molar-refractivity contribution in [2.75, 3.05) is 19.8 Å². The minimum absolute atomic E-state index is 0.00987. The molecule has 2 aromatic rings. The molecule has 0 aromatic heterocycles. The lowest BCUT2D eigenvalue weighted by atomic mass is 10.0. The van der Waals surface area contributed by atoms with Crippen LogP contribution in [0.4, 0.5) is 0 Å². The van der Waals surface area contributed by atoms with E-state index in [1.54, 1.807) is 0 Å². The zero-order valence-corrected chi connectivity index (χ0v) is 13.3. The summed E-state index contributed by atoms with van der Waals surface area (Å²) in [5, 5.41) is 6.21. The molecule has 1 saturated heterocycles. The molecule has 1 aliphatic rings. The molecule has 23 heavy (non-hydrogen) atoms. The molecule has 3 rings (SSSR count). The summed E-state index contributed by atoms with van der Waals surface area (Å²) in [7, 11) is 0. The minimum atomic E-state index is -0.255. The molecule has 1 aliphatic heterocycles. The Morgan fingerprint density at radius 3 is 2.48 bits per heavy atom. The third-order valence-corrected chi connectivity index (χ3v) is 4.11. The molecule has 0 aliphatic carbocycles. The number of nitrogens with one attached hydrogen (secondary N) is 2. The van der Waals surface area contributed by atoms with E-state index < -0.39 is 0 Å². The summed E-state index contributed by atoms with van der Waals surface area (Å²) in [6, 6.07) is 18.3. The third-order valence-electron chi connectivity index (χ3n) is 4.11. The van der Waals surface area contributed by atoms with Crippen LogP contribution in [0.2, 0.25) is 0 Å². The fraction of sp³-hybridized carbons (Fsp3) is 0.316. The standard InChI is InChI=1S/C19H22N2O2/c1-14(21-19(22)18-13-23-12-11-20-18)15-7-9-17(10-8-15)16-5-3-2-4-6-16/h2-10,14,18,20H,11-13H2,1H3,(H,21,22)/t14-,18-/m1/s1. The quantitative estimate of drug-likeness (QED) is 0.912. The van der Waals surface area contributed by atoms with E-state index in [4.69, 9.17) is 4.74 Å². The van der Waals surface area contributed by atoms with Crippen LogP contribution >= 0.6 is 0 Å². The van der Waals surface area contributed by atoms with E-state index in [1.165, 1.54) is 11.1 Å². The summed E-state index contributed by atoms with van der Waals surface area (Å²) in [6.07, 6.45) is 0. The summed E-state index contributed by atoms with van der Waals surface area (Å²) < 4.78 is 5.33. The van der Waals surface area contributed by atoms with E-state index in [0.717, 1.165) is 12.1 Å². The molecular weight excluding hydrogens is 288 g/mol. The lowest BCUT2D eigenvalue weighted by molar-refractivity contribution is -0.126. The maximum atomic E-state index is 12.2. The molecule has 0 saturated carbocycles. The number of benzene rings is 2. The van der Waals surface area contributed by atoms with E-state index in [9.17, 15) is 4.79 Å². The van der Waals surface area contributed by atoms with E-state index >= 15 is 0 Å². The van der Waals surface area contributed by atoms with Gasteiger partial charge in [0.05, 0.1) is 19.3 Å². The predicted octanol–water partition coefficient (Wildman–Crippen LogP) is 2.52. The smallest absolute Gasteiger partial charge is 0.240 e. The summed E-state index contributed by atoms with van der Waals surface area (Å²) >= 11 is 0. The maximum Gasteiger partial charge on any atom is 0.240 e. The van der Waals surface area contributed by atoms with Crippen LogP contribution in [0.25, 0.3) is 11.1 Å². The monoisotopic (exact) mass is 310 g/mol. The number of hydrogen-bond acceptors (Lipinski definition) is 3. The second-order valence-corrected chi connectivity index (χ2v) is 5.80. The average molecular weight is 310 g/mol. The zero-order chi connectivity index (χ0) is 16.1.